The molecule has 17 heavy (non-hydrogen) atoms. The van der Waals surface area contributed by atoms with E-state index in [1.165, 1.54) is 58.5 Å². The van der Waals surface area contributed by atoms with Crippen LogP contribution in [-0.2, 0) is 0 Å². The summed E-state index contributed by atoms with van der Waals surface area (Å²) < 4.78 is 0. The van der Waals surface area contributed by atoms with E-state index in [1.54, 1.807) is 0 Å². The molecule has 0 unspecified atom stereocenters. The molecule has 2 fully saturated rings. The molecule has 1 aliphatic heterocycles. The topological polar surface area (TPSA) is 35.7 Å². The van der Waals surface area contributed by atoms with Crippen molar-refractivity contribution in [1.82, 2.24) is 14.7 Å². The quantitative estimate of drug-likeness (QED) is 0.736. The van der Waals surface area contributed by atoms with Gasteiger partial charge < -0.3 is 10.6 Å². The third kappa shape index (κ3) is 3.91. The van der Waals surface area contributed by atoms with Crippen LogP contribution < -0.4 is 5.73 Å². The molecule has 1 saturated carbocycles. The Kier molecular flexibility index (Phi) is 4.42. The maximum absolute atomic E-state index is 6.30. The van der Waals surface area contributed by atoms with Gasteiger partial charge in [-0.1, -0.05) is 0 Å². The highest BCUT2D eigenvalue weighted by Crippen LogP contribution is 2.29. The molecule has 4 heteroatoms. The molecular weight excluding hydrogens is 212 g/mol. The molecule has 0 aromatic heterocycles. The average molecular weight is 240 g/mol. The lowest BCUT2D eigenvalue weighted by Crippen LogP contribution is -2.58. The van der Waals surface area contributed by atoms with Crippen molar-refractivity contribution in [2.24, 2.45) is 5.73 Å². The monoisotopic (exact) mass is 240 g/mol. The third-order valence-corrected chi connectivity index (χ3v) is 4.22. The molecule has 1 saturated heterocycles. The smallest absolute Gasteiger partial charge is 0.0283 e. The van der Waals surface area contributed by atoms with Gasteiger partial charge in [0, 0.05) is 51.4 Å². The van der Waals surface area contributed by atoms with Crippen LogP contribution in [0.3, 0.4) is 0 Å². The van der Waals surface area contributed by atoms with Gasteiger partial charge in [0.2, 0.25) is 0 Å². The molecule has 0 aromatic carbocycles. The van der Waals surface area contributed by atoms with E-state index in [1.807, 2.05) is 0 Å². The van der Waals surface area contributed by atoms with E-state index < -0.39 is 0 Å². The zero-order valence-electron chi connectivity index (χ0n) is 11.5. The van der Waals surface area contributed by atoms with Gasteiger partial charge in [-0.3, -0.25) is 9.80 Å². The summed E-state index contributed by atoms with van der Waals surface area (Å²) >= 11 is 0. The number of nitrogens with two attached hydrogens (primary N) is 1. The molecule has 0 aromatic rings. The molecule has 0 radical (unpaired) electrons. The highest BCUT2D eigenvalue weighted by Gasteiger charge is 2.34. The highest BCUT2D eigenvalue weighted by molar-refractivity contribution is 4.95. The number of hydrogen-bond acceptors (Lipinski definition) is 4. The highest BCUT2D eigenvalue weighted by atomic mass is 15.3. The fourth-order valence-corrected chi connectivity index (χ4v) is 2.75. The van der Waals surface area contributed by atoms with Crippen molar-refractivity contribution < 1.29 is 0 Å². The maximum Gasteiger partial charge on any atom is 0.0283 e. The summed E-state index contributed by atoms with van der Waals surface area (Å²) in [6.07, 6.45) is 3.79. The molecular formula is C13H28N4. The zero-order valence-corrected chi connectivity index (χ0v) is 11.5. The predicted molar refractivity (Wildman–Crippen MR) is 72.2 cm³/mol. The first-order chi connectivity index (χ1) is 8.07. The van der Waals surface area contributed by atoms with Crippen LogP contribution in [0.4, 0.5) is 0 Å². The Morgan fingerprint density at radius 3 is 2.12 bits per heavy atom. The van der Waals surface area contributed by atoms with E-state index in [0.29, 0.717) is 0 Å². The zero-order chi connectivity index (χ0) is 12.3. The van der Waals surface area contributed by atoms with Crippen LogP contribution in [0.2, 0.25) is 0 Å². The van der Waals surface area contributed by atoms with Crippen LogP contribution in [0.15, 0.2) is 0 Å². The van der Waals surface area contributed by atoms with Crippen molar-refractivity contribution >= 4 is 0 Å². The summed E-state index contributed by atoms with van der Waals surface area (Å²) in [5.74, 6) is 0. The Balaban J connectivity index is 1.64. The number of likely N-dealkylation sites (N-methyl/N-ethyl adjacent to an activating group) is 1. The van der Waals surface area contributed by atoms with Gasteiger partial charge in [-0.25, -0.2) is 0 Å². The van der Waals surface area contributed by atoms with Crippen LogP contribution in [0.25, 0.3) is 0 Å². The second kappa shape index (κ2) is 5.65. The van der Waals surface area contributed by atoms with E-state index in [4.69, 9.17) is 5.73 Å². The summed E-state index contributed by atoms with van der Waals surface area (Å²) in [4.78, 5) is 7.39. The van der Waals surface area contributed by atoms with Crippen molar-refractivity contribution in [1.29, 1.82) is 0 Å². The van der Waals surface area contributed by atoms with Gasteiger partial charge in [-0.05, 0) is 33.4 Å². The van der Waals surface area contributed by atoms with Gasteiger partial charge in [-0.2, -0.15) is 0 Å². The summed E-state index contributed by atoms with van der Waals surface area (Å²) in [5.41, 5.74) is 6.46. The number of hydrogen-bond donors (Lipinski definition) is 1. The van der Waals surface area contributed by atoms with Crippen LogP contribution in [0, 0.1) is 0 Å². The van der Waals surface area contributed by atoms with Crippen LogP contribution in [0.1, 0.15) is 19.3 Å². The van der Waals surface area contributed by atoms with E-state index in [2.05, 4.69) is 28.8 Å². The SMILES string of the molecule is CN(C)CCN1CCN(CC2(N)CCC2)CC1. The minimum Gasteiger partial charge on any atom is -0.324 e. The van der Waals surface area contributed by atoms with Crippen LogP contribution in [-0.4, -0.2) is 80.1 Å². The number of nitrogens with zero attached hydrogens (tertiary/aromatic N) is 3. The van der Waals surface area contributed by atoms with E-state index in [-0.39, 0.29) is 5.54 Å². The van der Waals surface area contributed by atoms with Gasteiger partial charge in [0.25, 0.3) is 0 Å². The molecule has 2 aliphatic rings. The minimum atomic E-state index is 0.159. The molecule has 1 aliphatic carbocycles. The van der Waals surface area contributed by atoms with Crippen molar-refractivity contribution in [3.05, 3.63) is 0 Å². The second-order valence-corrected chi connectivity index (χ2v) is 6.14. The van der Waals surface area contributed by atoms with E-state index in [9.17, 15) is 0 Å². The van der Waals surface area contributed by atoms with Gasteiger partial charge in [-0.15, -0.1) is 0 Å². The summed E-state index contributed by atoms with van der Waals surface area (Å²) in [7, 11) is 4.29. The van der Waals surface area contributed by atoms with Crippen molar-refractivity contribution in [3.8, 4) is 0 Å². The van der Waals surface area contributed by atoms with E-state index in [0.717, 1.165) is 6.54 Å². The summed E-state index contributed by atoms with van der Waals surface area (Å²) in [6, 6.07) is 0. The lowest BCUT2D eigenvalue weighted by molar-refractivity contribution is 0.0832. The summed E-state index contributed by atoms with van der Waals surface area (Å²) in [6.45, 7) is 8.32. The number of piperazine rings is 1. The van der Waals surface area contributed by atoms with Gasteiger partial charge in [0.15, 0.2) is 0 Å². The molecule has 4 nitrogen and oxygen atoms in total. The first kappa shape index (κ1) is 13.3. The van der Waals surface area contributed by atoms with Gasteiger partial charge in [0.1, 0.15) is 0 Å². The number of rotatable bonds is 5. The van der Waals surface area contributed by atoms with E-state index >= 15 is 0 Å². The molecule has 0 atom stereocenters. The normalized spacial score (nSPS) is 26.1. The second-order valence-electron chi connectivity index (χ2n) is 6.14. The maximum atomic E-state index is 6.30. The third-order valence-electron chi connectivity index (χ3n) is 4.22. The van der Waals surface area contributed by atoms with Crippen LogP contribution >= 0.6 is 0 Å². The Morgan fingerprint density at radius 1 is 1.06 bits per heavy atom. The molecule has 0 spiro atoms. The molecule has 2 rings (SSSR count). The molecule has 2 N–H and O–H groups in total. The molecule has 1 heterocycles. The average Bonchev–Trinajstić information content (AvgIpc) is 2.26. The van der Waals surface area contributed by atoms with Crippen molar-refractivity contribution in [3.63, 3.8) is 0 Å². The fourth-order valence-electron chi connectivity index (χ4n) is 2.75. The fraction of sp³-hybridized carbons (Fsp3) is 1.00. The Labute approximate surface area is 106 Å². The molecule has 0 bridgehead atoms. The van der Waals surface area contributed by atoms with Crippen molar-refractivity contribution in [2.75, 3.05) is 59.9 Å². The minimum absolute atomic E-state index is 0.159. The first-order valence-electron chi connectivity index (χ1n) is 6.96. The van der Waals surface area contributed by atoms with Gasteiger partial charge in [0.05, 0.1) is 0 Å². The molecule has 0 amide bonds. The predicted octanol–water partition coefficient (Wildman–Crippen LogP) is 0.0470. The Bertz CT molecular complexity index is 230. The largest absolute Gasteiger partial charge is 0.324 e. The Morgan fingerprint density at radius 2 is 1.65 bits per heavy atom. The first-order valence-corrected chi connectivity index (χ1v) is 6.96. The van der Waals surface area contributed by atoms with Crippen LogP contribution in [0.5, 0.6) is 0 Å². The summed E-state index contributed by atoms with van der Waals surface area (Å²) in [5, 5.41) is 0. The standard InChI is InChI=1S/C13H28N4/c1-15(2)6-7-16-8-10-17(11-9-16)12-13(14)4-3-5-13/h3-12,14H2,1-2H3. The van der Waals surface area contributed by atoms with Crippen molar-refractivity contribution in [2.45, 2.75) is 24.8 Å². The molecule has 100 valence electrons. The Hall–Kier alpha value is -0.160. The van der Waals surface area contributed by atoms with Gasteiger partial charge >= 0.3 is 0 Å². The lowest BCUT2D eigenvalue weighted by atomic mass is 9.77. The lowest BCUT2D eigenvalue weighted by Gasteiger charge is -2.44.